The number of alkyl halides is 6. The molecule has 2 fully saturated rings. The Hall–Kier alpha value is -3.05. The summed E-state index contributed by atoms with van der Waals surface area (Å²) in [6, 6.07) is 4.06. The van der Waals surface area contributed by atoms with Crippen LogP contribution in [0.5, 0.6) is 0 Å². The lowest BCUT2D eigenvalue weighted by Gasteiger charge is -2.41. The molecule has 11 heteroatoms. The van der Waals surface area contributed by atoms with E-state index in [1.807, 2.05) is 26.2 Å². The zero-order valence-corrected chi connectivity index (χ0v) is 28.6. The SMILES string of the molecule is CC(C)c1cnc(CN2CCC(c3nc4c(c(C5CCC(F)(F)CC5)c3C(F)c3ccc(C(F)(F)F)cc3)C(O)CC(C)(C)C4)CC2)nc1. The summed E-state index contributed by atoms with van der Waals surface area (Å²) in [5.41, 5.74) is 2.49. The fourth-order valence-corrected chi connectivity index (χ4v) is 8.02. The Morgan fingerprint density at radius 2 is 1.51 bits per heavy atom. The van der Waals surface area contributed by atoms with Crippen molar-refractivity contribution in [1.29, 1.82) is 0 Å². The van der Waals surface area contributed by atoms with Crippen molar-refractivity contribution in [1.82, 2.24) is 19.9 Å². The number of hydrogen-bond acceptors (Lipinski definition) is 5. The number of likely N-dealkylation sites (tertiary alicyclic amines) is 1. The quantitative estimate of drug-likeness (QED) is 0.251. The average Bonchev–Trinajstić information content (AvgIpc) is 3.03. The number of nitrogens with zero attached hydrogens (tertiary/aromatic N) is 4. The average molecular weight is 689 g/mol. The van der Waals surface area contributed by atoms with Crippen LogP contribution in [0.25, 0.3) is 0 Å². The second kappa shape index (κ2) is 13.6. The van der Waals surface area contributed by atoms with Gasteiger partial charge in [0.2, 0.25) is 5.92 Å². The molecule has 0 spiro atoms. The van der Waals surface area contributed by atoms with Crippen LogP contribution in [-0.2, 0) is 19.1 Å². The van der Waals surface area contributed by atoms with Gasteiger partial charge in [0.1, 0.15) is 5.82 Å². The lowest BCUT2D eigenvalue weighted by Crippen LogP contribution is -2.35. The summed E-state index contributed by atoms with van der Waals surface area (Å²) in [6.07, 6.45) is -1.87. The van der Waals surface area contributed by atoms with E-state index in [1.165, 1.54) is 0 Å². The van der Waals surface area contributed by atoms with E-state index in [9.17, 15) is 27.1 Å². The Morgan fingerprint density at radius 3 is 2.08 bits per heavy atom. The van der Waals surface area contributed by atoms with Gasteiger partial charge < -0.3 is 5.11 Å². The molecule has 6 rings (SSSR count). The zero-order valence-electron chi connectivity index (χ0n) is 28.6. The van der Waals surface area contributed by atoms with Crippen LogP contribution in [0.4, 0.5) is 26.3 Å². The molecule has 2 aromatic heterocycles. The van der Waals surface area contributed by atoms with Gasteiger partial charge in [-0.05, 0) is 97.7 Å². The van der Waals surface area contributed by atoms with E-state index in [0.29, 0.717) is 79.6 Å². The molecule has 2 atom stereocenters. The predicted octanol–water partition coefficient (Wildman–Crippen LogP) is 9.75. The van der Waals surface area contributed by atoms with E-state index in [0.717, 1.165) is 29.8 Å². The van der Waals surface area contributed by atoms with Gasteiger partial charge >= 0.3 is 6.18 Å². The normalized spacial score (nSPS) is 22.7. The molecule has 1 N–H and O–H groups in total. The highest BCUT2D eigenvalue weighted by atomic mass is 19.4. The minimum Gasteiger partial charge on any atom is -0.388 e. The summed E-state index contributed by atoms with van der Waals surface area (Å²) in [6.45, 7) is 10.2. The number of aromatic nitrogens is 3. The van der Waals surface area contributed by atoms with Gasteiger partial charge in [-0.25, -0.2) is 23.1 Å². The smallest absolute Gasteiger partial charge is 0.388 e. The van der Waals surface area contributed by atoms with E-state index < -0.39 is 35.9 Å². The van der Waals surface area contributed by atoms with Gasteiger partial charge in [0, 0.05) is 48.0 Å². The lowest BCUT2D eigenvalue weighted by atomic mass is 9.68. The molecule has 1 saturated carbocycles. The van der Waals surface area contributed by atoms with Crippen molar-refractivity contribution in [2.24, 2.45) is 5.41 Å². The molecule has 3 aromatic rings. The number of pyridine rings is 1. The van der Waals surface area contributed by atoms with Crippen LogP contribution in [0.3, 0.4) is 0 Å². The first-order valence-electron chi connectivity index (χ1n) is 17.5. The molecule has 2 unspecified atom stereocenters. The molecule has 5 nitrogen and oxygen atoms in total. The van der Waals surface area contributed by atoms with Gasteiger partial charge in [0.25, 0.3) is 0 Å². The first-order chi connectivity index (χ1) is 23.0. The first kappa shape index (κ1) is 35.8. The largest absolute Gasteiger partial charge is 0.416 e. The molecule has 2 aliphatic carbocycles. The van der Waals surface area contributed by atoms with Crippen molar-refractivity contribution in [2.75, 3.05) is 13.1 Å². The molecule has 1 aliphatic heterocycles. The molecule has 3 aliphatic rings. The van der Waals surface area contributed by atoms with Gasteiger partial charge in [0.05, 0.1) is 23.9 Å². The summed E-state index contributed by atoms with van der Waals surface area (Å²) in [7, 11) is 0. The highest BCUT2D eigenvalue weighted by Gasteiger charge is 2.43. The molecular formula is C38H46F6N4O. The summed E-state index contributed by atoms with van der Waals surface area (Å²) in [4.78, 5) is 16.5. The molecule has 1 saturated heterocycles. The Bertz CT molecular complexity index is 1610. The summed E-state index contributed by atoms with van der Waals surface area (Å²) >= 11 is 0. The minimum atomic E-state index is -4.58. The van der Waals surface area contributed by atoms with E-state index in [2.05, 4.69) is 28.7 Å². The number of aliphatic hydroxyl groups excluding tert-OH is 1. The molecule has 49 heavy (non-hydrogen) atoms. The maximum absolute atomic E-state index is 17.2. The lowest BCUT2D eigenvalue weighted by molar-refractivity contribution is -0.137. The second-order valence-corrected chi connectivity index (χ2v) is 15.5. The topological polar surface area (TPSA) is 62.1 Å². The molecule has 1 aromatic carbocycles. The maximum Gasteiger partial charge on any atom is 0.416 e. The van der Waals surface area contributed by atoms with E-state index in [-0.39, 0.29) is 48.1 Å². The van der Waals surface area contributed by atoms with Gasteiger partial charge in [-0.2, -0.15) is 13.2 Å². The van der Waals surface area contributed by atoms with Crippen molar-refractivity contribution in [3.63, 3.8) is 0 Å². The number of piperidine rings is 1. The highest BCUT2D eigenvalue weighted by molar-refractivity contribution is 5.51. The van der Waals surface area contributed by atoms with Crippen molar-refractivity contribution in [3.05, 3.63) is 87.3 Å². The van der Waals surface area contributed by atoms with Gasteiger partial charge in [0.15, 0.2) is 6.17 Å². The van der Waals surface area contributed by atoms with Gasteiger partial charge in [-0.1, -0.05) is 39.8 Å². The number of fused-ring (bicyclic) bond motifs is 1. The van der Waals surface area contributed by atoms with Gasteiger partial charge in [-0.15, -0.1) is 0 Å². The molecule has 266 valence electrons. The predicted molar refractivity (Wildman–Crippen MR) is 175 cm³/mol. The van der Waals surface area contributed by atoms with Crippen LogP contribution in [-0.4, -0.2) is 44.0 Å². The molecule has 3 heterocycles. The third-order valence-corrected chi connectivity index (χ3v) is 10.8. The third kappa shape index (κ3) is 7.82. The van der Waals surface area contributed by atoms with Crippen LogP contribution in [0.15, 0.2) is 36.7 Å². The fourth-order valence-electron chi connectivity index (χ4n) is 8.02. The number of rotatable bonds is 7. The van der Waals surface area contributed by atoms with Crippen molar-refractivity contribution in [3.8, 4) is 0 Å². The van der Waals surface area contributed by atoms with Crippen LogP contribution >= 0.6 is 0 Å². The van der Waals surface area contributed by atoms with Crippen LogP contribution in [0, 0.1) is 5.41 Å². The first-order valence-corrected chi connectivity index (χ1v) is 17.5. The van der Waals surface area contributed by atoms with E-state index in [4.69, 9.17) is 4.98 Å². The maximum atomic E-state index is 17.2. The van der Waals surface area contributed by atoms with Crippen molar-refractivity contribution >= 4 is 0 Å². The number of hydrogen-bond donors (Lipinski definition) is 1. The van der Waals surface area contributed by atoms with Crippen molar-refractivity contribution in [2.45, 2.75) is 128 Å². The molecule has 0 radical (unpaired) electrons. The summed E-state index contributed by atoms with van der Waals surface area (Å²) < 4.78 is 86.4. The molecule has 0 amide bonds. The standard InChI is InChI=1S/C38H46F6N4O/c1-22(2)26-19-45-30(46-20-26)21-48-15-11-25(12-16-48)35-33(34(39)24-5-7-27(8-6-24)38(42,43)44)31(23-9-13-37(40,41)14-10-23)32-28(47-35)17-36(3,4)18-29(32)49/h5-8,19-20,22-23,25,29,34,49H,9-18,21H2,1-4H3. The molecular weight excluding hydrogens is 642 g/mol. The number of halogens is 6. The Morgan fingerprint density at radius 1 is 0.898 bits per heavy atom. The van der Waals surface area contributed by atoms with Gasteiger partial charge in [-0.3, -0.25) is 9.88 Å². The summed E-state index contributed by atoms with van der Waals surface area (Å²) in [5.74, 6) is -2.37. The highest BCUT2D eigenvalue weighted by Crippen LogP contribution is 2.52. The molecule has 0 bridgehead atoms. The Labute approximate surface area is 284 Å². The Balaban J connectivity index is 1.40. The monoisotopic (exact) mass is 688 g/mol. The van der Waals surface area contributed by atoms with Crippen molar-refractivity contribution < 1.29 is 31.4 Å². The second-order valence-electron chi connectivity index (χ2n) is 15.5. The van der Waals surface area contributed by atoms with Crippen LogP contribution in [0.2, 0.25) is 0 Å². The zero-order chi connectivity index (χ0) is 35.3. The number of benzene rings is 1. The van der Waals surface area contributed by atoms with E-state index >= 15 is 4.39 Å². The summed E-state index contributed by atoms with van der Waals surface area (Å²) in [5, 5.41) is 11.6. The number of aliphatic hydroxyl groups is 1. The van der Waals surface area contributed by atoms with Crippen LogP contribution in [0.1, 0.15) is 153 Å². The minimum absolute atomic E-state index is 0.0449. The fraction of sp³-hybridized carbons (Fsp3) is 0.605. The van der Waals surface area contributed by atoms with Crippen LogP contribution < -0.4 is 0 Å². The third-order valence-electron chi connectivity index (χ3n) is 10.8. The Kier molecular flexibility index (Phi) is 9.91. The van der Waals surface area contributed by atoms with E-state index in [1.54, 1.807) is 0 Å².